The standard InChI is InChI=1S/C11H12N2O2S2.C10H22/c1-7-9(10(15)12-4-5-14)17-11(13-7)8-3-2-6-16-8;1-3-5-7-9-10-8-6-4-2/h2-3,6,14H,4-5H2,1H3,(H,12,15);3-10H2,1-2H3. The SMILES string of the molecule is CCCCCCCCCC.Cc1nc(-c2cccs2)sc1C(=O)NCCO. The minimum atomic E-state index is -0.170. The third kappa shape index (κ3) is 9.49. The molecule has 2 rings (SSSR count). The summed E-state index contributed by atoms with van der Waals surface area (Å²) in [6, 6.07) is 3.95. The third-order valence-corrected chi connectivity index (χ3v) is 6.28. The fourth-order valence-electron chi connectivity index (χ4n) is 2.57. The minimum Gasteiger partial charge on any atom is -0.395 e. The second-order valence-corrected chi connectivity index (χ2v) is 8.46. The molecule has 0 atom stereocenters. The van der Waals surface area contributed by atoms with E-state index in [1.807, 2.05) is 24.4 Å². The van der Waals surface area contributed by atoms with Crippen LogP contribution in [0.15, 0.2) is 17.5 Å². The highest BCUT2D eigenvalue weighted by Crippen LogP contribution is 2.30. The number of hydrogen-bond acceptors (Lipinski definition) is 5. The summed E-state index contributed by atoms with van der Waals surface area (Å²) in [5.41, 5.74) is 0.730. The summed E-state index contributed by atoms with van der Waals surface area (Å²) < 4.78 is 0. The van der Waals surface area contributed by atoms with E-state index < -0.39 is 0 Å². The van der Waals surface area contributed by atoms with Crippen LogP contribution in [0.4, 0.5) is 0 Å². The predicted molar refractivity (Wildman–Crippen MR) is 118 cm³/mol. The molecule has 0 bridgehead atoms. The molecule has 0 saturated carbocycles. The van der Waals surface area contributed by atoms with Crippen molar-refractivity contribution in [3.63, 3.8) is 0 Å². The van der Waals surface area contributed by atoms with Gasteiger partial charge in [-0.05, 0) is 18.4 Å². The van der Waals surface area contributed by atoms with Gasteiger partial charge in [-0.2, -0.15) is 0 Å². The molecule has 0 aliphatic carbocycles. The summed E-state index contributed by atoms with van der Waals surface area (Å²) in [4.78, 5) is 17.8. The molecular weight excluding hydrogens is 376 g/mol. The summed E-state index contributed by atoms with van der Waals surface area (Å²) in [7, 11) is 0. The highest BCUT2D eigenvalue weighted by Gasteiger charge is 2.15. The van der Waals surface area contributed by atoms with Gasteiger partial charge in [-0.3, -0.25) is 4.79 Å². The van der Waals surface area contributed by atoms with Crippen LogP contribution in [0.5, 0.6) is 0 Å². The molecule has 0 unspecified atom stereocenters. The predicted octanol–water partition coefficient (Wildman–Crippen LogP) is 6.05. The van der Waals surface area contributed by atoms with Crippen molar-refractivity contribution in [1.29, 1.82) is 0 Å². The number of aliphatic hydroxyl groups excluding tert-OH is 1. The number of aliphatic hydroxyl groups is 1. The zero-order chi connectivity index (χ0) is 19.9. The molecule has 0 fully saturated rings. The fraction of sp³-hybridized carbons (Fsp3) is 0.619. The first-order chi connectivity index (χ1) is 13.1. The van der Waals surface area contributed by atoms with E-state index in [0.29, 0.717) is 4.88 Å². The minimum absolute atomic E-state index is 0.0542. The second kappa shape index (κ2) is 14.8. The molecule has 152 valence electrons. The molecule has 27 heavy (non-hydrogen) atoms. The van der Waals surface area contributed by atoms with Crippen molar-refractivity contribution in [1.82, 2.24) is 10.3 Å². The number of nitrogens with one attached hydrogen (secondary N) is 1. The summed E-state index contributed by atoms with van der Waals surface area (Å²) in [6.45, 7) is 6.57. The van der Waals surface area contributed by atoms with Crippen LogP contribution in [0.2, 0.25) is 0 Å². The van der Waals surface area contributed by atoms with Crippen molar-refractivity contribution in [2.24, 2.45) is 0 Å². The molecule has 0 aliphatic rings. The zero-order valence-electron chi connectivity index (χ0n) is 16.9. The summed E-state index contributed by atoms with van der Waals surface area (Å²) >= 11 is 2.99. The van der Waals surface area contributed by atoms with E-state index in [2.05, 4.69) is 24.1 Å². The molecule has 2 heterocycles. The lowest BCUT2D eigenvalue weighted by Gasteiger charge is -1.99. The summed E-state index contributed by atoms with van der Waals surface area (Å²) in [5, 5.41) is 14.1. The van der Waals surface area contributed by atoms with Gasteiger partial charge in [0.1, 0.15) is 9.88 Å². The summed E-state index contributed by atoms with van der Waals surface area (Å²) in [6.07, 6.45) is 11.5. The average molecular weight is 411 g/mol. The van der Waals surface area contributed by atoms with Crippen LogP contribution >= 0.6 is 22.7 Å². The molecule has 4 nitrogen and oxygen atoms in total. The van der Waals surface area contributed by atoms with E-state index in [9.17, 15) is 4.79 Å². The van der Waals surface area contributed by atoms with Crippen LogP contribution in [0, 0.1) is 6.92 Å². The average Bonchev–Trinajstić information content (AvgIpc) is 3.33. The Labute approximate surface area is 172 Å². The van der Waals surface area contributed by atoms with Crippen molar-refractivity contribution in [2.45, 2.75) is 72.1 Å². The molecule has 0 aromatic carbocycles. The van der Waals surface area contributed by atoms with Gasteiger partial charge >= 0.3 is 0 Å². The molecule has 6 heteroatoms. The largest absolute Gasteiger partial charge is 0.395 e. The van der Waals surface area contributed by atoms with Crippen LogP contribution in [0.25, 0.3) is 9.88 Å². The van der Waals surface area contributed by atoms with Crippen molar-refractivity contribution < 1.29 is 9.90 Å². The topological polar surface area (TPSA) is 62.2 Å². The molecule has 1 amide bonds. The van der Waals surface area contributed by atoms with Gasteiger partial charge < -0.3 is 10.4 Å². The normalized spacial score (nSPS) is 10.4. The van der Waals surface area contributed by atoms with Gasteiger partial charge in [0.25, 0.3) is 5.91 Å². The Morgan fingerprint density at radius 3 is 2.26 bits per heavy atom. The van der Waals surface area contributed by atoms with Gasteiger partial charge in [0.2, 0.25) is 0 Å². The van der Waals surface area contributed by atoms with Gasteiger partial charge in [0.05, 0.1) is 17.2 Å². The number of amides is 1. The Kier molecular flexibility index (Phi) is 13.0. The fourth-order valence-corrected chi connectivity index (χ4v) is 4.35. The number of aromatic nitrogens is 1. The quantitative estimate of drug-likeness (QED) is 0.443. The van der Waals surface area contributed by atoms with Gasteiger partial charge in [-0.15, -0.1) is 22.7 Å². The molecule has 0 radical (unpaired) electrons. The molecular formula is C21H34N2O2S2. The summed E-state index contributed by atoms with van der Waals surface area (Å²) in [5.74, 6) is -0.170. The van der Waals surface area contributed by atoms with Crippen molar-refractivity contribution in [3.8, 4) is 9.88 Å². The Morgan fingerprint density at radius 2 is 1.74 bits per heavy atom. The van der Waals surface area contributed by atoms with Crippen LogP contribution < -0.4 is 5.32 Å². The lowest BCUT2D eigenvalue weighted by Crippen LogP contribution is -2.26. The molecule has 2 aromatic heterocycles. The maximum atomic E-state index is 11.8. The van der Waals surface area contributed by atoms with Crippen LogP contribution in [0.3, 0.4) is 0 Å². The number of thiazole rings is 1. The monoisotopic (exact) mass is 410 g/mol. The number of hydrogen-bond donors (Lipinski definition) is 2. The zero-order valence-corrected chi connectivity index (χ0v) is 18.6. The van der Waals surface area contributed by atoms with Crippen molar-refractivity contribution >= 4 is 28.6 Å². The van der Waals surface area contributed by atoms with E-state index in [1.165, 1.54) is 62.7 Å². The highest BCUT2D eigenvalue weighted by molar-refractivity contribution is 7.22. The molecule has 2 N–H and O–H groups in total. The first-order valence-electron chi connectivity index (χ1n) is 10.0. The van der Waals surface area contributed by atoms with Gasteiger partial charge in [0, 0.05) is 6.54 Å². The molecule has 0 aliphatic heterocycles. The Morgan fingerprint density at radius 1 is 1.11 bits per heavy atom. The van der Waals surface area contributed by atoms with E-state index in [-0.39, 0.29) is 19.1 Å². The Balaban J connectivity index is 0.000000314. The van der Waals surface area contributed by atoms with E-state index in [4.69, 9.17) is 5.11 Å². The lowest BCUT2D eigenvalue weighted by atomic mass is 10.1. The maximum absolute atomic E-state index is 11.8. The number of rotatable bonds is 11. The number of carbonyl (C=O) groups excluding carboxylic acids is 1. The lowest BCUT2D eigenvalue weighted by molar-refractivity contribution is 0.0948. The van der Waals surface area contributed by atoms with Gasteiger partial charge in [-0.25, -0.2) is 4.98 Å². The van der Waals surface area contributed by atoms with Gasteiger partial charge in [0.15, 0.2) is 0 Å². The smallest absolute Gasteiger partial charge is 0.263 e. The highest BCUT2D eigenvalue weighted by atomic mass is 32.1. The Bertz CT molecular complexity index is 616. The number of thiophene rings is 1. The van der Waals surface area contributed by atoms with E-state index in [1.54, 1.807) is 11.3 Å². The molecule has 2 aromatic rings. The van der Waals surface area contributed by atoms with E-state index in [0.717, 1.165) is 15.6 Å². The second-order valence-electron chi connectivity index (χ2n) is 6.51. The third-order valence-electron chi connectivity index (χ3n) is 4.09. The first kappa shape index (κ1) is 23.8. The van der Waals surface area contributed by atoms with Crippen molar-refractivity contribution in [2.75, 3.05) is 13.2 Å². The number of carbonyl (C=O) groups is 1. The van der Waals surface area contributed by atoms with E-state index >= 15 is 0 Å². The number of nitrogens with zero attached hydrogens (tertiary/aromatic N) is 1. The maximum Gasteiger partial charge on any atom is 0.263 e. The van der Waals surface area contributed by atoms with Crippen LogP contribution in [0.1, 0.15) is 80.6 Å². The number of unbranched alkanes of at least 4 members (excludes halogenated alkanes) is 7. The Hall–Kier alpha value is -1.24. The van der Waals surface area contributed by atoms with Gasteiger partial charge in [-0.1, -0.05) is 71.3 Å². The van der Waals surface area contributed by atoms with Crippen LogP contribution in [-0.2, 0) is 0 Å². The number of aryl methyl sites for hydroxylation is 1. The first-order valence-corrected chi connectivity index (χ1v) is 11.7. The molecule has 0 spiro atoms. The molecule has 0 saturated heterocycles. The van der Waals surface area contributed by atoms with Crippen molar-refractivity contribution in [3.05, 3.63) is 28.1 Å². The van der Waals surface area contributed by atoms with Crippen LogP contribution in [-0.4, -0.2) is 29.1 Å².